The largest absolute Gasteiger partial charge is 0.353 e. The molecule has 0 saturated carbocycles. The van der Waals surface area contributed by atoms with Crippen molar-refractivity contribution in [1.82, 2.24) is 4.31 Å². The predicted molar refractivity (Wildman–Crippen MR) is 114 cm³/mol. The molecular formula is C24H23NO3S. The van der Waals surface area contributed by atoms with E-state index < -0.39 is 16.3 Å². The lowest BCUT2D eigenvalue weighted by Gasteiger charge is -2.37. The maximum absolute atomic E-state index is 13.5. The first-order chi connectivity index (χ1) is 14.0. The van der Waals surface area contributed by atoms with Gasteiger partial charge in [0, 0.05) is 6.54 Å². The molecule has 0 fully saturated rings. The van der Waals surface area contributed by atoms with E-state index in [0.717, 1.165) is 22.3 Å². The van der Waals surface area contributed by atoms with E-state index in [9.17, 15) is 8.42 Å². The second-order valence-electron chi connectivity index (χ2n) is 7.19. The van der Waals surface area contributed by atoms with E-state index in [1.807, 2.05) is 61.5 Å². The van der Waals surface area contributed by atoms with Crippen molar-refractivity contribution in [3.8, 4) is 0 Å². The Morgan fingerprint density at radius 3 is 2.34 bits per heavy atom. The average molecular weight is 406 g/mol. The molecule has 1 heterocycles. The quantitative estimate of drug-likeness (QED) is 0.615. The Hall–Kier alpha value is -2.73. The van der Waals surface area contributed by atoms with Crippen molar-refractivity contribution in [2.24, 2.45) is 0 Å². The summed E-state index contributed by atoms with van der Waals surface area (Å²) in [5, 5.41) is 0. The van der Waals surface area contributed by atoms with E-state index >= 15 is 0 Å². The van der Waals surface area contributed by atoms with Crippen molar-refractivity contribution in [1.29, 1.82) is 0 Å². The Morgan fingerprint density at radius 2 is 1.62 bits per heavy atom. The Kier molecular flexibility index (Phi) is 5.37. The number of aryl methyl sites for hydroxylation is 1. The third-order valence-corrected chi connectivity index (χ3v) is 6.93. The number of ether oxygens (including phenoxy) is 1. The highest BCUT2D eigenvalue weighted by Gasteiger charge is 2.38. The van der Waals surface area contributed by atoms with Crippen LogP contribution in [0.25, 0.3) is 5.57 Å². The molecule has 0 N–H and O–H groups in total. The zero-order valence-corrected chi connectivity index (χ0v) is 17.1. The van der Waals surface area contributed by atoms with Crippen LogP contribution < -0.4 is 0 Å². The molecule has 0 aromatic heterocycles. The van der Waals surface area contributed by atoms with Crippen LogP contribution in [0.15, 0.2) is 90.3 Å². The second kappa shape index (κ2) is 7.95. The van der Waals surface area contributed by atoms with E-state index in [1.54, 1.807) is 24.3 Å². The van der Waals surface area contributed by atoms with Gasteiger partial charge in [-0.25, -0.2) is 8.42 Å². The fourth-order valence-corrected chi connectivity index (χ4v) is 5.02. The molecular weight excluding hydrogens is 382 g/mol. The van der Waals surface area contributed by atoms with Crippen LogP contribution in [0.3, 0.4) is 0 Å². The summed E-state index contributed by atoms with van der Waals surface area (Å²) >= 11 is 0. The van der Waals surface area contributed by atoms with Gasteiger partial charge in [0.2, 0.25) is 10.0 Å². The van der Waals surface area contributed by atoms with Crippen LogP contribution in [0.1, 0.15) is 22.3 Å². The predicted octanol–water partition coefficient (Wildman–Crippen LogP) is 4.76. The van der Waals surface area contributed by atoms with Crippen molar-refractivity contribution in [2.45, 2.75) is 31.2 Å². The Balaban J connectivity index is 1.72. The lowest BCUT2D eigenvalue weighted by atomic mass is 9.96. The molecule has 4 nitrogen and oxygen atoms in total. The highest BCUT2D eigenvalue weighted by Crippen LogP contribution is 2.36. The summed E-state index contributed by atoms with van der Waals surface area (Å²) in [7, 11) is -3.76. The monoisotopic (exact) mass is 405 g/mol. The number of hydrogen-bond donors (Lipinski definition) is 0. The highest BCUT2D eigenvalue weighted by molar-refractivity contribution is 7.89. The van der Waals surface area contributed by atoms with Gasteiger partial charge >= 0.3 is 0 Å². The Labute approximate surface area is 172 Å². The summed E-state index contributed by atoms with van der Waals surface area (Å²) in [6, 6.07) is 24.4. The molecule has 148 valence electrons. The lowest BCUT2D eigenvalue weighted by Crippen LogP contribution is -2.44. The maximum atomic E-state index is 13.5. The molecule has 29 heavy (non-hydrogen) atoms. The summed E-state index contributed by atoms with van der Waals surface area (Å²) in [5.74, 6) is 0. The number of benzene rings is 3. The first-order valence-electron chi connectivity index (χ1n) is 9.48. The van der Waals surface area contributed by atoms with Crippen molar-refractivity contribution in [3.05, 3.63) is 108 Å². The summed E-state index contributed by atoms with van der Waals surface area (Å²) < 4.78 is 34.5. The van der Waals surface area contributed by atoms with E-state index in [-0.39, 0.29) is 11.4 Å². The van der Waals surface area contributed by atoms with Gasteiger partial charge in [0.05, 0.1) is 11.5 Å². The number of rotatable bonds is 5. The number of hydrogen-bond acceptors (Lipinski definition) is 3. The Morgan fingerprint density at radius 1 is 0.966 bits per heavy atom. The molecule has 3 aromatic carbocycles. The first-order valence-corrected chi connectivity index (χ1v) is 10.9. The smallest absolute Gasteiger partial charge is 0.245 e. The van der Waals surface area contributed by atoms with Gasteiger partial charge in [0.25, 0.3) is 0 Å². The van der Waals surface area contributed by atoms with Crippen LogP contribution in [0.4, 0.5) is 0 Å². The van der Waals surface area contributed by atoms with Crippen LogP contribution in [-0.2, 0) is 27.9 Å². The molecule has 0 spiro atoms. The fourth-order valence-electron chi connectivity index (χ4n) is 3.52. The van der Waals surface area contributed by atoms with Crippen LogP contribution in [-0.4, -0.2) is 19.0 Å². The second-order valence-corrected chi connectivity index (χ2v) is 9.09. The van der Waals surface area contributed by atoms with Gasteiger partial charge in [-0.1, -0.05) is 78.9 Å². The van der Waals surface area contributed by atoms with Gasteiger partial charge in [0.15, 0.2) is 6.23 Å². The first kappa shape index (κ1) is 19.6. The molecule has 0 bridgehead atoms. The molecule has 0 amide bonds. The molecule has 0 radical (unpaired) electrons. The third-order valence-electron chi connectivity index (χ3n) is 5.13. The number of fused-ring (bicyclic) bond motifs is 1. The maximum Gasteiger partial charge on any atom is 0.245 e. The van der Waals surface area contributed by atoms with Gasteiger partial charge in [-0.05, 0) is 41.3 Å². The van der Waals surface area contributed by atoms with Gasteiger partial charge < -0.3 is 4.74 Å². The van der Waals surface area contributed by atoms with Crippen LogP contribution in [0.2, 0.25) is 0 Å². The van der Waals surface area contributed by atoms with E-state index in [2.05, 4.69) is 6.58 Å². The summed E-state index contributed by atoms with van der Waals surface area (Å²) in [4.78, 5) is 0.253. The van der Waals surface area contributed by atoms with E-state index in [4.69, 9.17) is 4.74 Å². The minimum absolute atomic E-state index is 0.241. The Bertz CT molecular complexity index is 1120. The van der Waals surface area contributed by atoms with Crippen LogP contribution in [0, 0.1) is 6.92 Å². The highest BCUT2D eigenvalue weighted by atomic mass is 32.2. The van der Waals surface area contributed by atoms with Crippen LogP contribution in [0.5, 0.6) is 0 Å². The van der Waals surface area contributed by atoms with E-state index in [1.165, 1.54) is 4.31 Å². The minimum atomic E-state index is -3.76. The summed E-state index contributed by atoms with van der Waals surface area (Å²) in [6.45, 7) is 6.66. The summed E-state index contributed by atoms with van der Waals surface area (Å²) in [5.41, 5.74) is 4.51. The lowest BCUT2D eigenvalue weighted by molar-refractivity contribution is 0.00371. The molecule has 0 saturated heterocycles. The van der Waals surface area contributed by atoms with Gasteiger partial charge in [-0.15, -0.1) is 0 Å². The van der Waals surface area contributed by atoms with E-state index in [0.29, 0.717) is 12.2 Å². The fraction of sp³-hybridized carbons (Fsp3) is 0.167. The minimum Gasteiger partial charge on any atom is -0.353 e. The topological polar surface area (TPSA) is 46.6 Å². The van der Waals surface area contributed by atoms with Gasteiger partial charge in [-0.2, -0.15) is 4.31 Å². The number of sulfonamides is 1. The normalized spacial score (nSPS) is 17.1. The third kappa shape index (κ3) is 3.90. The molecule has 3 aromatic rings. The van der Waals surface area contributed by atoms with Crippen molar-refractivity contribution < 1.29 is 13.2 Å². The van der Waals surface area contributed by atoms with Crippen LogP contribution >= 0.6 is 0 Å². The summed E-state index contributed by atoms with van der Waals surface area (Å²) in [6.07, 6.45) is -0.767. The molecule has 1 atom stereocenters. The van der Waals surface area contributed by atoms with Gasteiger partial charge in [0.1, 0.15) is 0 Å². The molecule has 1 aliphatic rings. The molecule has 5 heteroatoms. The van der Waals surface area contributed by atoms with Crippen molar-refractivity contribution in [2.75, 3.05) is 0 Å². The zero-order chi connectivity index (χ0) is 20.4. The van der Waals surface area contributed by atoms with Gasteiger partial charge in [-0.3, -0.25) is 0 Å². The van der Waals surface area contributed by atoms with Crippen molar-refractivity contribution in [3.63, 3.8) is 0 Å². The molecule has 4 rings (SSSR count). The zero-order valence-electron chi connectivity index (χ0n) is 16.3. The molecule has 1 unspecified atom stereocenters. The van der Waals surface area contributed by atoms with Crippen molar-refractivity contribution >= 4 is 15.6 Å². The standard InChI is InChI=1S/C24H23NO3S/c1-18-12-14-22(15-13-18)29(26,27)25-16-21-10-6-7-11-23(21)19(2)24(25)28-17-20-8-4-3-5-9-20/h3-15,24H,2,16-17H2,1H3. The number of nitrogens with zero attached hydrogens (tertiary/aromatic N) is 1. The average Bonchev–Trinajstić information content (AvgIpc) is 2.74. The molecule has 0 aliphatic carbocycles. The molecule has 1 aliphatic heterocycles. The SMILES string of the molecule is C=C1c2ccccc2CN(S(=O)(=O)c2ccc(C)cc2)C1OCc1ccccc1.